The van der Waals surface area contributed by atoms with Gasteiger partial charge in [-0.25, -0.2) is 4.98 Å². The number of hydrogen-bond donors (Lipinski definition) is 0. The van der Waals surface area contributed by atoms with E-state index in [0.717, 1.165) is 42.9 Å². The molecule has 2 saturated heterocycles. The summed E-state index contributed by atoms with van der Waals surface area (Å²) in [4.78, 5) is 35.2. The molecule has 2 amide bonds. The van der Waals surface area contributed by atoms with Crippen molar-refractivity contribution in [2.75, 3.05) is 39.3 Å². The van der Waals surface area contributed by atoms with Gasteiger partial charge in [0.2, 0.25) is 0 Å². The van der Waals surface area contributed by atoms with Crippen LogP contribution in [0.2, 0.25) is 0 Å². The highest BCUT2D eigenvalue weighted by Crippen LogP contribution is 2.23. The Hall–Kier alpha value is -3.45. The number of carbonyl (C=O) groups is 2. The molecular formula is C24H24N4O3. The van der Waals surface area contributed by atoms with Gasteiger partial charge in [0, 0.05) is 50.9 Å². The van der Waals surface area contributed by atoms with Crippen LogP contribution in [0.5, 0.6) is 0 Å². The molecule has 2 aliphatic heterocycles. The van der Waals surface area contributed by atoms with Gasteiger partial charge in [0.05, 0.1) is 0 Å². The van der Waals surface area contributed by atoms with E-state index in [1.807, 2.05) is 52.3 Å². The van der Waals surface area contributed by atoms with Crippen molar-refractivity contribution in [1.29, 1.82) is 0 Å². The van der Waals surface area contributed by atoms with Crippen LogP contribution in [-0.4, -0.2) is 76.8 Å². The number of nitrogens with zero attached hydrogens (tertiary/aromatic N) is 4. The van der Waals surface area contributed by atoms with Crippen molar-refractivity contribution in [2.24, 2.45) is 0 Å². The first kappa shape index (κ1) is 19.5. The Bertz CT molecular complexity index is 1040. The van der Waals surface area contributed by atoms with Gasteiger partial charge in [-0.15, -0.1) is 0 Å². The van der Waals surface area contributed by atoms with Gasteiger partial charge in [-0.1, -0.05) is 42.5 Å². The summed E-state index contributed by atoms with van der Waals surface area (Å²) < 4.78 is 4.91. The SMILES string of the molecule is O=C(c1ccc(-c2ccccc2)cc1)N1CC(N2CCN(C(=O)c3cocn3)CC2)C1. The van der Waals surface area contributed by atoms with Crippen LogP contribution in [0, 0.1) is 0 Å². The molecule has 0 aliphatic carbocycles. The van der Waals surface area contributed by atoms with Crippen molar-refractivity contribution in [3.05, 3.63) is 78.5 Å². The zero-order valence-corrected chi connectivity index (χ0v) is 17.2. The molecule has 0 N–H and O–H groups in total. The van der Waals surface area contributed by atoms with Crippen LogP contribution < -0.4 is 0 Å². The molecule has 7 nitrogen and oxygen atoms in total. The first-order valence-corrected chi connectivity index (χ1v) is 10.6. The average molecular weight is 416 g/mol. The van der Waals surface area contributed by atoms with Gasteiger partial charge in [-0.2, -0.15) is 0 Å². The molecule has 2 aromatic carbocycles. The highest BCUT2D eigenvalue weighted by atomic mass is 16.3. The molecule has 0 spiro atoms. The van der Waals surface area contributed by atoms with Gasteiger partial charge in [-0.3, -0.25) is 14.5 Å². The number of benzene rings is 2. The molecule has 5 rings (SSSR count). The number of rotatable bonds is 4. The Kier molecular flexibility index (Phi) is 5.26. The number of piperazine rings is 1. The van der Waals surface area contributed by atoms with E-state index in [1.54, 1.807) is 0 Å². The highest BCUT2D eigenvalue weighted by molar-refractivity contribution is 5.95. The van der Waals surface area contributed by atoms with Crippen molar-refractivity contribution in [3.8, 4) is 11.1 Å². The molecule has 1 aromatic heterocycles. The molecule has 7 heteroatoms. The molecule has 0 saturated carbocycles. The first-order chi connectivity index (χ1) is 15.2. The fourth-order valence-electron chi connectivity index (χ4n) is 4.24. The summed E-state index contributed by atoms with van der Waals surface area (Å²) in [7, 11) is 0. The highest BCUT2D eigenvalue weighted by Gasteiger charge is 2.37. The normalized spacial score (nSPS) is 17.4. The minimum Gasteiger partial charge on any atom is -0.451 e. The Morgan fingerprint density at radius 3 is 2.13 bits per heavy atom. The average Bonchev–Trinajstić information content (AvgIpc) is 3.34. The van der Waals surface area contributed by atoms with Crippen LogP contribution >= 0.6 is 0 Å². The maximum Gasteiger partial charge on any atom is 0.275 e. The van der Waals surface area contributed by atoms with E-state index in [2.05, 4.69) is 22.0 Å². The second-order valence-electron chi connectivity index (χ2n) is 8.01. The lowest BCUT2D eigenvalue weighted by atomic mass is 10.0. The van der Waals surface area contributed by atoms with Crippen LogP contribution in [0.25, 0.3) is 11.1 Å². The number of amides is 2. The zero-order valence-electron chi connectivity index (χ0n) is 17.2. The molecule has 0 unspecified atom stereocenters. The Morgan fingerprint density at radius 1 is 0.806 bits per heavy atom. The summed E-state index contributed by atoms with van der Waals surface area (Å²) in [5.74, 6) is -0.00605. The maximum atomic E-state index is 12.8. The molecule has 158 valence electrons. The van der Waals surface area contributed by atoms with Crippen molar-refractivity contribution < 1.29 is 14.0 Å². The third-order valence-corrected chi connectivity index (χ3v) is 6.16. The van der Waals surface area contributed by atoms with E-state index in [9.17, 15) is 9.59 Å². The summed E-state index contributed by atoms with van der Waals surface area (Å²) >= 11 is 0. The van der Waals surface area contributed by atoms with Gasteiger partial charge >= 0.3 is 0 Å². The smallest absolute Gasteiger partial charge is 0.275 e. The second-order valence-corrected chi connectivity index (χ2v) is 8.01. The van der Waals surface area contributed by atoms with Crippen LogP contribution in [0.1, 0.15) is 20.8 Å². The monoisotopic (exact) mass is 416 g/mol. The van der Waals surface area contributed by atoms with Crippen LogP contribution in [0.4, 0.5) is 0 Å². The van der Waals surface area contributed by atoms with Crippen molar-refractivity contribution in [1.82, 2.24) is 19.7 Å². The Labute approximate surface area is 180 Å². The molecule has 3 heterocycles. The number of carbonyl (C=O) groups excluding carboxylic acids is 2. The summed E-state index contributed by atoms with van der Waals surface area (Å²) in [6.07, 6.45) is 2.66. The van der Waals surface area contributed by atoms with Gasteiger partial charge in [0.15, 0.2) is 12.1 Å². The molecule has 3 aromatic rings. The summed E-state index contributed by atoms with van der Waals surface area (Å²) in [6.45, 7) is 4.41. The fourth-order valence-corrected chi connectivity index (χ4v) is 4.24. The predicted octanol–water partition coefficient (Wildman–Crippen LogP) is 2.62. The van der Waals surface area contributed by atoms with Crippen LogP contribution in [-0.2, 0) is 0 Å². The molecule has 0 bridgehead atoms. The molecule has 2 fully saturated rings. The molecule has 31 heavy (non-hydrogen) atoms. The van der Waals surface area contributed by atoms with Crippen LogP contribution in [0.15, 0.2) is 71.7 Å². The standard InChI is InChI=1S/C24H24N4O3/c29-23(20-8-6-19(7-9-20)18-4-2-1-3-5-18)28-14-21(15-28)26-10-12-27(13-11-26)24(30)22-16-31-17-25-22/h1-9,16-17,21H,10-15H2. The summed E-state index contributed by atoms with van der Waals surface area (Å²) in [6, 6.07) is 18.3. The predicted molar refractivity (Wildman–Crippen MR) is 116 cm³/mol. The third kappa shape index (κ3) is 3.96. The first-order valence-electron chi connectivity index (χ1n) is 10.6. The second kappa shape index (κ2) is 8.35. The minimum atomic E-state index is -0.0854. The number of aromatic nitrogens is 1. The van der Waals surface area contributed by atoms with Crippen molar-refractivity contribution >= 4 is 11.8 Å². The van der Waals surface area contributed by atoms with Gasteiger partial charge in [0.25, 0.3) is 11.8 Å². The molecule has 0 atom stereocenters. The fraction of sp³-hybridized carbons (Fsp3) is 0.292. The van der Waals surface area contributed by atoms with E-state index in [-0.39, 0.29) is 11.8 Å². The largest absolute Gasteiger partial charge is 0.451 e. The lowest BCUT2D eigenvalue weighted by molar-refractivity contribution is 0.00843. The third-order valence-electron chi connectivity index (χ3n) is 6.16. The van der Waals surface area contributed by atoms with E-state index >= 15 is 0 Å². The Morgan fingerprint density at radius 2 is 1.48 bits per heavy atom. The summed E-state index contributed by atoms with van der Waals surface area (Å²) in [5.41, 5.74) is 3.33. The topological polar surface area (TPSA) is 69.9 Å². The van der Waals surface area contributed by atoms with E-state index in [4.69, 9.17) is 4.42 Å². The zero-order chi connectivity index (χ0) is 21.2. The van der Waals surface area contributed by atoms with Gasteiger partial charge in [0.1, 0.15) is 6.26 Å². The van der Waals surface area contributed by atoms with E-state index in [0.29, 0.717) is 24.8 Å². The molecular weight excluding hydrogens is 392 g/mol. The van der Waals surface area contributed by atoms with Crippen molar-refractivity contribution in [2.45, 2.75) is 6.04 Å². The summed E-state index contributed by atoms with van der Waals surface area (Å²) in [5, 5.41) is 0. The number of oxazole rings is 1. The number of likely N-dealkylation sites (tertiary alicyclic amines) is 1. The molecule has 0 radical (unpaired) electrons. The quantitative estimate of drug-likeness (QED) is 0.654. The Balaban J connectivity index is 1.12. The van der Waals surface area contributed by atoms with E-state index < -0.39 is 0 Å². The van der Waals surface area contributed by atoms with Crippen molar-refractivity contribution in [3.63, 3.8) is 0 Å². The lowest BCUT2D eigenvalue weighted by Crippen LogP contribution is -2.64. The van der Waals surface area contributed by atoms with Gasteiger partial charge < -0.3 is 14.2 Å². The molecule has 2 aliphatic rings. The van der Waals surface area contributed by atoms with E-state index in [1.165, 1.54) is 12.7 Å². The van der Waals surface area contributed by atoms with Crippen LogP contribution in [0.3, 0.4) is 0 Å². The maximum absolute atomic E-state index is 12.8. The minimum absolute atomic E-state index is 0.0794. The lowest BCUT2D eigenvalue weighted by Gasteiger charge is -2.48. The number of hydrogen-bond acceptors (Lipinski definition) is 5. The van der Waals surface area contributed by atoms with Gasteiger partial charge in [-0.05, 0) is 23.3 Å².